The number of nitrogens with one attached hydrogen (secondary N) is 3. The summed E-state index contributed by atoms with van der Waals surface area (Å²) in [5, 5.41) is 14.4. The van der Waals surface area contributed by atoms with E-state index < -0.39 is 30.9 Å². The first-order valence-electron chi connectivity index (χ1n) is 25.2. The van der Waals surface area contributed by atoms with Gasteiger partial charge >= 0.3 is 0 Å². The number of anilines is 6. The Kier molecular flexibility index (Phi) is 13.2. The lowest BCUT2D eigenvalue weighted by atomic mass is 9.71. The molecule has 5 aliphatic heterocycles. The van der Waals surface area contributed by atoms with Gasteiger partial charge < -0.3 is 34.6 Å². The molecular weight excluding hydrogens is 1020 g/mol. The molecule has 4 fully saturated rings. The number of fused-ring (bicyclic) bond motifs is 1. The fourth-order valence-electron chi connectivity index (χ4n) is 11.4. The van der Waals surface area contributed by atoms with Crippen molar-refractivity contribution in [3.8, 4) is 28.0 Å². The number of imide groups is 2. The van der Waals surface area contributed by atoms with Gasteiger partial charge in [-0.1, -0.05) is 36.4 Å². The van der Waals surface area contributed by atoms with Crippen LogP contribution in [0.1, 0.15) is 59.2 Å². The van der Waals surface area contributed by atoms with E-state index in [4.69, 9.17) is 9.72 Å². The fraction of sp³-hybridized carbons (Fsp3) is 0.364. The van der Waals surface area contributed by atoms with E-state index in [1.807, 2.05) is 78.7 Å². The average Bonchev–Trinajstić information content (AvgIpc) is 3.93. The standard InChI is InChI=1S/C55H59BrN11O6P/c1-63-31-37(28-58-63)40-26-44(60-54-57-29-42(56)50(62-54)59-43-13-10-36(24-48(43)74(3,4)72)35-8-6-5-7-9-35)47(73-2)27-46(40)66-32-55(33-66)18-22-64(23-19-55)30-34-16-20-65(21-17-34)38-11-12-39-41(25-38)53(71)67(52(39)70)45-14-15-49(68)61-51(45)69/h5-13,24-29,31,34,45H,14-23,30,32-33H2,1-4H3,(H,61,68,69)(H2,57,59,60,62). The molecule has 0 aliphatic carbocycles. The third-order valence-electron chi connectivity index (χ3n) is 15.5. The Hall–Kier alpha value is -6.88. The van der Waals surface area contributed by atoms with Crippen molar-refractivity contribution in [2.24, 2.45) is 18.4 Å². The van der Waals surface area contributed by atoms with E-state index in [1.165, 1.54) is 0 Å². The molecule has 74 heavy (non-hydrogen) atoms. The number of ether oxygens (including phenoxy) is 1. The molecule has 382 valence electrons. The molecule has 1 spiro atoms. The van der Waals surface area contributed by atoms with Gasteiger partial charge in [0.15, 0.2) is 0 Å². The molecule has 1 unspecified atom stereocenters. The van der Waals surface area contributed by atoms with Crippen LogP contribution in [0.2, 0.25) is 0 Å². The summed E-state index contributed by atoms with van der Waals surface area (Å²) in [4.78, 5) is 68.9. The quantitative estimate of drug-likeness (QED) is 0.0741. The van der Waals surface area contributed by atoms with Gasteiger partial charge in [-0.2, -0.15) is 10.1 Å². The summed E-state index contributed by atoms with van der Waals surface area (Å²) in [5.74, 6) is 0.139. The molecule has 0 radical (unpaired) electrons. The second kappa shape index (κ2) is 19.8. The number of hydrogen-bond donors (Lipinski definition) is 3. The highest BCUT2D eigenvalue weighted by molar-refractivity contribution is 9.10. The maximum absolute atomic E-state index is 13.7. The number of piperidine rings is 3. The molecule has 17 nitrogen and oxygen atoms in total. The van der Waals surface area contributed by atoms with E-state index in [0.29, 0.717) is 50.4 Å². The molecule has 19 heteroatoms. The lowest BCUT2D eigenvalue weighted by Crippen LogP contribution is -2.61. The molecule has 5 aliphatic rings. The van der Waals surface area contributed by atoms with E-state index in [1.54, 1.807) is 38.8 Å². The Balaban J connectivity index is 0.723. The smallest absolute Gasteiger partial charge is 0.262 e. The molecule has 0 saturated carbocycles. The summed E-state index contributed by atoms with van der Waals surface area (Å²) in [6.07, 6.45) is 10.2. The van der Waals surface area contributed by atoms with Crippen molar-refractivity contribution in [3.05, 3.63) is 113 Å². The number of benzene rings is 4. The monoisotopic (exact) mass is 1080 g/mol. The van der Waals surface area contributed by atoms with Gasteiger partial charge in [0.05, 0.1) is 40.3 Å². The Bertz CT molecular complexity index is 3250. The minimum atomic E-state index is -2.71. The summed E-state index contributed by atoms with van der Waals surface area (Å²) in [6.45, 7) is 10.3. The first kappa shape index (κ1) is 49.3. The van der Waals surface area contributed by atoms with Crippen LogP contribution in [0.15, 0.2) is 102 Å². The van der Waals surface area contributed by atoms with Crippen LogP contribution in [0.3, 0.4) is 0 Å². The van der Waals surface area contributed by atoms with Crippen LogP contribution in [0.5, 0.6) is 5.75 Å². The fourth-order valence-corrected chi connectivity index (χ4v) is 12.9. The van der Waals surface area contributed by atoms with Crippen molar-refractivity contribution >= 4 is 86.5 Å². The van der Waals surface area contributed by atoms with Gasteiger partial charge in [0.1, 0.15) is 24.8 Å². The highest BCUT2D eigenvalue weighted by Gasteiger charge is 2.47. The molecule has 0 bridgehead atoms. The molecule has 4 amide bonds. The zero-order valence-electron chi connectivity index (χ0n) is 41.9. The van der Waals surface area contributed by atoms with E-state index in [-0.39, 0.29) is 24.2 Å². The van der Waals surface area contributed by atoms with Crippen molar-refractivity contribution in [1.82, 2.24) is 34.9 Å². The highest BCUT2D eigenvalue weighted by atomic mass is 79.9. The average molecular weight is 1080 g/mol. The molecule has 4 saturated heterocycles. The predicted molar refractivity (Wildman–Crippen MR) is 291 cm³/mol. The lowest BCUT2D eigenvalue weighted by molar-refractivity contribution is -0.136. The Morgan fingerprint density at radius 3 is 2.26 bits per heavy atom. The van der Waals surface area contributed by atoms with Gasteiger partial charge in [-0.05, 0) is 128 Å². The highest BCUT2D eigenvalue weighted by Crippen LogP contribution is 2.49. The Labute approximate surface area is 438 Å². The molecule has 7 heterocycles. The van der Waals surface area contributed by atoms with Crippen LogP contribution in [-0.4, -0.2) is 125 Å². The normalized spacial score (nSPS) is 19.1. The van der Waals surface area contributed by atoms with Gasteiger partial charge in [-0.15, -0.1) is 0 Å². The SMILES string of the molecule is COc1cc(N2CC3(CCN(CC4CCN(c5ccc6c(c5)C(=O)N(C5CCC(=O)NC5=O)C6=O)CC4)CC3)C2)c(-c2cnn(C)c2)cc1Nc1ncc(Br)c(Nc2ccc(-c3ccccc3)cc2P(C)(C)=O)n1. The number of carbonyl (C=O) groups excluding carboxylic acids is 4. The topological polar surface area (TPSA) is 187 Å². The number of carbonyl (C=O) groups is 4. The van der Waals surface area contributed by atoms with Crippen LogP contribution in [-0.2, 0) is 21.2 Å². The molecule has 6 aromatic rings. The first-order chi connectivity index (χ1) is 35.6. The van der Waals surface area contributed by atoms with Gasteiger partial charge in [-0.3, -0.25) is 34.1 Å². The number of methoxy groups -OCH3 is 1. The van der Waals surface area contributed by atoms with Crippen molar-refractivity contribution in [2.75, 3.05) is 86.7 Å². The predicted octanol–water partition coefficient (Wildman–Crippen LogP) is 8.27. The Morgan fingerprint density at radius 1 is 0.797 bits per heavy atom. The molecule has 4 aromatic carbocycles. The van der Waals surface area contributed by atoms with Crippen molar-refractivity contribution in [2.45, 2.75) is 44.6 Å². The van der Waals surface area contributed by atoms with Crippen LogP contribution in [0.25, 0.3) is 22.3 Å². The largest absolute Gasteiger partial charge is 0.494 e. The summed E-state index contributed by atoms with van der Waals surface area (Å²) in [5.41, 5.74) is 8.30. The summed E-state index contributed by atoms with van der Waals surface area (Å²) >= 11 is 3.64. The van der Waals surface area contributed by atoms with Gasteiger partial charge in [0.25, 0.3) is 11.8 Å². The van der Waals surface area contributed by atoms with E-state index in [9.17, 15) is 23.7 Å². The van der Waals surface area contributed by atoms with Gasteiger partial charge in [0.2, 0.25) is 17.8 Å². The second-order valence-electron chi connectivity index (χ2n) is 20.8. The Morgan fingerprint density at radius 2 is 1.55 bits per heavy atom. The molecule has 3 N–H and O–H groups in total. The number of nitrogens with zero attached hydrogens (tertiary/aromatic N) is 8. The number of hydrogen-bond acceptors (Lipinski definition) is 14. The van der Waals surface area contributed by atoms with E-state index >= 15 is 0 Å². The zero-order valence-corrected chi connectivity index (χ0v) is 44.4. The van der Waals surface area contributed by atoms with Crippen molar-refractivity contribution in [1.29, 1.82) is 0 Å². The minimum Gasteiger partial charge on any atom is -0.494 e. The summed E-state index contributed by atoms with van der Waals surface area (Å²) in [7, 11) is 0.884. The number of rotatable bonds is 13. The maximum Gasteiger partial charge on any atom is 0.262 e. The summed E-state index contributed by atoms with van der Waals surface area (Å²) in [6, 6.07) is 24.7. The number of halogens is 1. The van der Waals surface area contributed by atoms with Crippen molar-refractivity contribution < 1.29 is 28.5 Å². The number of aryl methyl sites for hydroxylation is 1. The second-order valence-corrected chi connectivity index (χ2v) is 24.9. The van der Waals surface area contributed by atoms with E-state index in [2.05, 4.69) is 68.8 Å². The maximum atomic E-state index is 13.7. The molecule has 2 aromatic heterocycles. The van der Waals surface area contributed by atoms with Crippen LogP contribution < -0.4 is 35.8 Å². The zero-order chi connectivity index (χ0) is 51.5. The summed E-state index contributed by atoms with van der Waals surface area (Å²) < 4.78 is 22.2. The van der Waals surface area contributed by atoms with Gasteiger partial charge in [0, 0.05) is 97.9 Å². The van der Waals surface area contributed by atoms with Gasteiger partial charge in [-0.25, -0.2) is 4.98 Å². The number of amides is 4. The van der Waals surface area contributed by atoms with Crippen LogP contribution in [0.4, 0.5) is 34.5 Å². The molecule has 1 atom stereocenters. The van der Waals surface area contributed by atoms with Crippen LogP contribution in [0, 0.1) is 11.3 Å². The number of likely N-dealkylation sites (tertiary alicyclic amines) is 1. The van der Waals surface area contributed by atoms with Crippen LogP contribution >= 0.6 is 23.1 Å². The number of aromatic nitrogens is 4. The first-order valence-corrected chi connectivity index (χ1v) is 28.6. The lowest BCUT2D eigenvalue weighted by Gasteiger charge is -2.55. The third-order valence-corrected chi connectivity index (χ3v) is 17.6. The van der Waals surface area contributed by atoms with E-state index in [0.717, 1.165) is 115 Å². The van der Waals surface area contributed by atoms with Crippen molar-refractivity contribution in [3.63, 3.8) is 0 Å². The molecular formula is C55H59BrN11O6P. The third kappa shape index (κ3) is 9.70. The minimum absolute atomic E-state index is 0.0908. The molecule has 11 rings (SSSR count).